The van der Waals surface area contributed by atoms with Gasteiger partial charge in [-0.1, -0.05) is 0 Å². The minimum atomic E-state index is -1.15. The molecule has 0 saturated heterocycles. The smallest absolute Gasteiger partial charge is 0.177 e. The first-order valence-electron chi connectivity index (χ1n) is 6.98. The number of alkyl halides is 1. The molecule has 0 aliphatic rings. The molecule has 0 N–H and O–H groups in total. The summed E-state index contributed by atoms with van der Waals surface area (Å²) in [6.07, 6.45) is 0. The predicted octanol–water partition coefficient (Wildman–Crippen LogP) is 4.28. The molecule has 9 heteroatoms. The molecule has 0 aromatic heterocycles. The lowest BCUT2D eigenvalue weighted by atomic mass is 10.2. The van der Waals surface area contributed by atoms with Crippen LogP contribution in [-0.4, -0.2) is 21.3 Å². The maximum atomic E-state index is 12.7. The van der Waals surface area contributed by atoms with E-state index in [4.69, 9.17) is 19.5 Å². The number of nitrogens with zero attached hydrogens (tertiary/aromatic N) is 1. The van der Waals surface area contributed by atoms with Gasteiger partial charge in [0.2, 0.25) is 0 Å². The van der Waals surface area contributed by atoms with Crippen molar-refractivity contribution < 1.29 is 36.8 Å². The van der Waals surface area contributed by atoms with Crippen LogP contribution in [0.15, 0.2) is 24.3 Å². The number of hydrogen-bond donors (Lipinski definition) is 0. The Balaban J connectivity index is 0.000000263. The lowest BCUT2D eigenvalue weighted by Crippen LogP contribution is -1.96. The Bertz CT molecular complexity index is 745. The molecule has 140 valence electrons. The SMILES string of the molecule is COc1cc(OC)c(CF)c(OC)c1.N#Cc1c(F)cc(OF)cc1F. The van der Waals surface area contributed by atoms with Gasteiger partial charge in [0.25, 0.3) is 0 Å². The Hall–Kier alpha value is -3.15. The highest BCUT2D eigenvalue weighted by Crippen LogP contribution is 2.34. The number of methoxy groups -OCH3 is 3. The van der Waals surface area contributed by atoms with Gasteiger partial charge in [-0.05, 0) is 0 Å². The largest absolute Gasteiger partial charge is 0.496 e. The standard InChI is InChI=1S/C10H13FO3.C7H2F3NO/c1-12-7-4-9(13-2)8(6-11)10(5-7)14-3;8-6-1-4(12-10)2-7(9)5(6)3-11/h4-5H,6H2,1-3H3;1-2H. The molecule has 0 amide bonds. The van der Waals surface area contributed by atoms with Crippen molar-refractivity contribution in [3.05, 3.63) is 47.0 Å². The van der Waals surface area contributed by atoms with Crippen LogP contribution in [0.2, 0.25) is 0 Å². The first-order valence-corrected chi connectivity index (χ1v) is 6.98. The second-order valence-electron chi connectivity index (χ2n) is 4.59. The van der Waals surface area contributed by atoms with Crippen molar-refractivity contribution in [2.24, 2.45) is 0 Å². The van der Waals surface area contributed by atoms with E-state index in [1.54, 1.807) is 12.1 Å². The summed E-state index contributed by atoms with van der Waals surface area (Å²) in [6, 6.07) is 5.70. The van der Waals surface area contributed by atoms with Crippen molar-refractivity contribution in [2.45, 2.75) is 6.67 Å². The van der Waals surface area contributed by atoms with Crippen LogP contribution in [0.3, 0.4) is 0 Å². The minimum Gasteiger partial charge on any atom is -0.496 e. The average Bonchev–Trinajstić information content (AvgIpc) is 2.66. The topological polar surface area (TPSA) is 60.7 Å². The molecule has 0 bridgehead atoms. The zero-order valence-electron chi connectivity index (χ0n) is 14.1. The fourth-order valence-corrected chi connectivity index (χ4v) is 1.91. The van der Waals surface area contributed by atoms with E-state index in [9.17, 15) is 17.7 Å². The molecular formula is C17H15F4NO4. The molecule has 0 radical (unpaired) electrons. The van der Waals surface area contributed by atoms with Gasteiger partial charge in [-0.3, -0.25) is 4.94 Å². The highest BCUT2D eigenvalue weighted by molar-refractivity contribution is 5.50. The van der Waals surface area contributed by atoms with Crippen molar-refractivity contribution in [3.8, 4) is 29.1 Å². The number of ether oxygens (including phenoxy) is 3. The lowest BCUT2D eigenvalue weighted by molar-refractivity contribution is -0.00692. The monoisotopic (exact) mass is 373 g/mol. The van der Waals surface area contributed by atoms with Gasteiger partial charge in [0.1, 0.15) is 47.2 Å². The number of hydrogen-bond acceptors (Lipinski definition) is 5. The van der Waals surface area contributed by atoms with Crippen LogP contribution in [-0.2, 0) is 6.67 Å². The Morgan fingerprint density at radius 2 is 1.38 bits per heavy atom. The third kappa shape index (κ3) is 4.92. The fourth-order valence-electron chi connectivity index (χ4n) is 1.91. The van der Waals surface area contributed by atoms with Gasteiger partial charge >= 0.3 is 0 Å². The van der Waals surface area contributed by atoms with E-state index in [1.165, 1.54) is 27.4 Å². The van der Waals surface area contributed by atoms with E-state index in [1.807, 2.05) is 0 Å². The van der Waals surface area contributed by atoms with Crippen molar-refractivity contribution in [2.75, 3.05) is 21.3 Å². The molecule has 2 aromatic carbocycles. The van der Waals surface area contributed by atoms with E-state index in [2.05, 4.69) is 4.94 Å². The van der Waals surface area contributed by atoms with E-state index in [0.29, 0.717) is 34.9 Å². The van der Waals surface area contributed by atoms with Gasteiger partial charge in [-0.25, -0.2) is 13.2 Å². The maximum absolute atomic E-state index is 12.7. The minimum absolute atomic E-state index is 0.399. The molecule has 5 nitrogen and oxygen atoms in total. The number of nitriles is 1. The summed E-state index contributed by atoms with van der Waals surface area (Å²) in [7, 11) is 4.49. The second-order valence-corrected chi connectivity index (χ2v) is 4.59. The normalized spacial score (nSPS) is 9.46. The summed E-state index contributed by atoms with van der Waals surface area (Å²) >= 11 is 0. The third-order valence-electron chi connectivity index (χ3n) is 3.17. The van der Waals surface area contributed by atoms with Crippen LogP contribution >= 0.6 is 0 Å². The zero-order valence-corrected chi connectivity index (χ0v) is 14.1. The first-order chi connectivity index (χ1) is 12.4. The van der Waals surface area contributed by atoms with Crippen LogP contribution in [0, 0.1) is 23.0 Å². The van der Waals surface area contributed by atoms with Gasteiger partial charge < -0.3 is 14.2 Å². The summed E-state index contributed by atoms with van der Waals surface area (Å²) in [5, 5.41) is 8.20. The molecular weight excluding hydrogens is 358 g/mol. The van der Waals surface area contributed by atoms with Crippen LogP contribution < -0.4 is 19.2 Å². The van der Waals surface area contributed by atoms with Crippen molar-refractivity contribution in [1.29, 1.82) is 5.26 Å². The molecule has 2 rings (SSSR count). The molecule has 0 heterocycles. The van der Waals surface area contributed by atoms with Crippen molar-refractivity contribution in [1.82, 2.24) is 0 Å². The molecule has 0 fully saturated rings. The van der Waals surface area contributed by atoms with E-state index >= 15 is 0 Å². The Morgan fingerprint density at radius 1 is 0.885 bits per heavy atom. The summed E-state index contributed by atoms with van der Waals surface area (Å²) in [4.78, 5) is 3.09. The van der Waals surface area contributed by atoms with E-state index in [-0.39, 0.29) is 0 Å². The van der Waals surface area contributed by atoms with Gasteiger partial charge in [-0.2, -0.15) is 5.26 Å². The van der Waals surface area contributed by atoms with Crippen molar-refractivity contribution >= 4 is 0 Å². The van der Waals surface area contributed by atoms with E-state index < -0.39 is 29.6 Å². The summed E-state index contributed by atoms with van der Waals surface area (Å²) in [5.74, 6) is -1.46. The molecule has 0 saturated carbocycles. The first kappa shape index (κ1) is 20.9. The maximum Gasteiger partial charge on any atom is 0.177 e. The third-order valence-corrected chi connectivity index (χ3v) is 3.17. The quantitative estimate of drug-likeness (QED) is 0.732. The van der Waals surface area contributed by atoms with Crippen LogP contribution in [0.25, 0.3) is 0 Å². The molecule has 26 heavy (non-hydrogen) atoms. The Morgan fingerprint density at radius 3 is 1.69 bits per heavy atom. The van der Waals surface area contributed by atoms with E-state index in [0.717, 1.165) is 0 Å². The molecule has 0 aliphatic carbocycles. The average molecular weight is 373 g/mol. The molecule has 0 atom stereocenters. The highest BCUT2D eigenvalue weighted by Gasteiger charge is 2.12. The summed E-state index contributed by atoms with van der Waals surface area (Å²) < 4.78 is 64.3. The van der Waals surface area contributed by atoms with Gasteiger partial charge in [0.15, 0.2) is 5.75 Å². The zero-order chi connectivity index (χ0) is 19.7. The van der Waals surface area contributed by atoms with Gasteiger partial charge in [-0.15, -0.1) is 0 Å². The Kier molecular flexibility index (Phi) is 8.02. The van der Waals surface area contributed by atoms with Gasteiger partial charge in [0.05, 0.1) is 26.9 Å². The highest BCUT2D eigenvalue weighted by atomic mass is 19.3. The Labute approximate surface area is 147 Å². The van der Waals surface area contributed by atoms with Crippen LogP contribution in [0.5, 0.6) is 23.0 Å². The second kappa shape index (κ2) is 9.98. The van der Waals surface area contributed by atoms with Crippen LogP contribution in [0.4, 0.5) is 17.7 Å². The van der Waals surface area contributed by atoms with Gasteiger partial charge in [0, 0.05) is 28.8 Å². The number of halogens is 4. The van der Waals surface area contributed by atoms with Crippen molar-refractivity contribution in [3.63, 3.8) is 0 Å². The van der Waals surface area contributed by atoms with Crippen LogP contribution in [0.1, 0.15) is 11.1 Å². The summed E-state index contributed by atoms with van der Waals surface area (Å²) in [5.41, 5.74) is -0.355. The molecule has 0 spiro atoms. The molecule has 0 unspecified atom stereocenters. The fraction of sp³-hybridized carbons (Fsp3) is 0.235. The molecule has 2 aromatic rings. The summed E-state index contributed by atoms with van der Waals surface area (Å²) in [6.45, 7) is -0.629. The number of benzene rings is 2. The predicted molar refractivity (Wildman–Crippen MR) is 83.7 cm³/mol. The lowest BCUT2D eigenvalue weighted by Gasteiger charge is -2.12. The molecule has 0 aliphatic heterocycles. The number of rotatable bonds is 5.